The number of rotatable bonds is 14. The number of benzene rings is 2. The van der Waals surface area contributed by atoms with Crippen molar-refractivity contribution in [3.05, 3.63) is 70.3 Å². The molecule has 7 heteroatoms. The molecule has 0 amide bonds. The van der Waals surface area contributed by atoms with Crippen LogP contribution in [-0.2, 0) is 4.74 Å². The number of hydrogen-bond acceptors (Lipinski definition) is 1. The van der Waals surface area contributed by atoms with Crippen LogP contribution in [0.3, 0.4) is 0 Å². The Bertz CT molecular complexity index is 1280. The minimum absolute atomic E-state index is 0.103. The van der Waals surface area contributed by atoms with E-state index >= 15 is 0 Å². The van der Waals surface area contributed by atoms with E-state index in [4.69, 9.17) is 4.74 Å². The predicted octanol–water partition coefficient (Wildman–Crippen LogP) is 14.9. The SMILES string of the molecule is CCCCC1CCC(C2CCC(C(OC(c3cc(F)c(F)c(F)c3)C3CCC(C4CCC(CCCC)CC4)CC3)c3cc(F)c(F)c(F)c3)CC2)CC1. The van der Waals surface area contributed by atoms with Gasteiger partial charge in [0.1, 0.15) is 0 Å². The van der Waals surface area contributed by atoms with Crippen LogP contribution in [0.25, 0.3) is 0 Å². The Labute approximate surface area is 315 Å². The average molecular weight is 747 g/mol. The summed E-state index contributed by atoms with van der Waals surface area (Å²) in [7, 11) is 0. The molecule has 1 nitrogen and oxygen atoms in total. The first-order valence-corrected chi connectivity index (χ1v) is 21.6. The molecule has 2 atom stereocenters. The highest BCUT2D eigenvalue weighted by molar-refractivity contribution is 5.25. The first-order chi connectivity index (χ1) is 25.6. The molecular weight excluding hydrogens is 682 g/mol. The molecule has 2 unspecified atom stereocenters. The molecule has 0 N–H and O–H groups in total. The van der Waals surface area contributed by atoms with Gasteiger partial charge in [0.2, 0.25) is 0 Å². The fourth-order valence-electron chi connectivity index (χ4n) is 11.3. The summed E-state index contributed by atoms with van der Waals surface area (Å²) in [6.45, 7) is 4.50. The standard InChI is InChI=1S/C46H64F6O/c1-3-5-7-29-9-13-31(14-10-29)33-17-21-35(22-18-33)45(37-25-39(47)43(51)40(48)26-37)53-46(38-27-41(49)44(52)42(50)28-38)36-23-19-34(20-24-36)32-15-11-30(12-16-32)8-6-4-2/h25-36,45-46H,3-24H2,1-2H3. The summed E-state index contributed by atoms with van der Waals surface area (Å²) in [4.78, 5) is 0. The van der Waals surface area contributed by atoms with Crippen molar-refractivity contribution in [3.8, 4) is 0 Å². The van der Waals surface area contributed by atoms with Crippen LogP contribution in [-0.4, -0.2) is 0 Å². The monoisotopic (exact) mass is 746 g/mol. The molecule has 6 rings (SSSR count). The van der Waals surface area contributed by atoms with Crippen LogP contribution in [0, 0.1) is 82.2 Å². The lowest BCUT2D eigenvalue weighted by Crippen LogP contribution is -2.32. The molecule has 0 spiro atoms. The Morgan fingerprint density at radius 2 is 0.736 bits per heavy atom. The van der Waals surface area contributed by atoms with Gasteiger partial charge < -0.3 is 4.74 Å². The third-order valence-corrected chi connectivity index (χ3v) is 14.5. The Morgan fingerprint density at radius 3 is 1.02 bits per heavy atom. The summed E-state index contributed by atoms with van der Waals surface area (Å²) in [5.74, 6) is -4.13. The zero-order chi connectivity index (χ0) is 37.5. The molecule has 4 fully saturated rings. The molecule has 0 aromatic heterocycles. The summed E-state index contributed by atoms with van der Waals surface area (Å²) in [5.41, 5.74) is 0.422. The first-order valence-electron chi connectivity index (χ1n) is 21.6. The Balaban J connectivity index is 1.19. The zero-order valence-corrected chi connectivity index (χ0v) is 32.3. The number of ether oxygens (including phenoxy) is 1. The van der Waals surface area contributed by atoms with Crippen molar-refractivity contribution in [2.45, 2.75) is 167 Å². The van der Waals surface area contributed by atoms with Crippen LogP contribution in [0.4, 0.5) is 26.3 Å². The van der Waals surface area contributed by atoms with E-state index in [1.54, 1.807) is 0 Å². The van der Waals surface area contributed by atoms with E-state index in [0.29, 0.717) is 23.7 Å². The van der Waals surface area contributed by atoms with Crippen LogP contribution >= 0.6 is 0 Å². The average Bonchev–Trinajstić information content (AvgIpc) is 3.18. The molecule has 53 heavy (non-hydrogen) atoms. The van der Waals surface area contributed by atoms with Gasteiger partial charge in [0.15, 0.2) is 34.9 Å². The largest absolute Gasteiger partial charge is 0.365 e. The molecule has 0 saturated heterocycles. The van der Waals surface area contributed by atoms with Crippen molar-refractivity contribution in [2.24, 2.45) is 47.3 Å². The summed E-state index contributed by atoms with van der Waals surface area (Å²) in [6.07, 6.45) is 23.4. The molecule has 4 aliphatic carbocycles. The molecule has 4 saturated carbocycles. The third kappa shape index (κ3) is 10.2. The van der Waals surface area contributed by atoms with E-state index in [2.05, 4.69) is 13.8 Å². The predicted molar refractivity (Wildman–Crippen MR) is 200 cm³/mol. The van der Waals surface area contributed by atoms with Gasteiger partial charge in [-0.05, 0) is 160 Å². The van der Waals surface area contributed by atoms with Gasteiger partial charge in [-0.1, -0.05) is 78.1 Å². The lowest BCUT2D eigenvalue weighted by Gasteiger charge is -2.43. The second-order valence-corrected chi connectivity index (χ2v) is 17.8. The molecular formula is C46H64F6O. The van der Waals surface area contributed by atoms with Gasteiger partial charge in [0.05, 0.1) is 12.2 Å². The Hall–Kier alpha value is -2.02. The first kappa shape index (κ1) is 40.6. The van der Waals surface area contributed by atoms with Crippen molar-refractivity contribution >= 4 is 0 Å². The fourth-order valence-corrected chi connectivity index (χ4v) is 11.3. The quantitative estimate of drug-likeness (QED) is 0.138. The maximum Gasteiger partial charge on any atom is 0.194 e. The Morgan fingerprint density at radius 1 is 0.453 bits per heavy atom. The van der Waals surface area contributed by atoms with E-state index in [9.17, 15) is 26.3 Å². The van der Waals surface area contributed by atoms with Crippen LogP contribution in [0.1, 0.15) is 178 Å². The van der Waals surface area contributed by atoms with Gasteiger partial charge in [-0.2, -0.15) is 0 Å². The summed E-state index contributed by atoms with van der Waals surface area (Å²) in [6, 6.07) is 4.12. The van der Waals surface area contributed by atoms with Crippen LogP contribution in [0.2, 0.25) is 0 Å². The van der Waals surface area contributed by atoms with E-state index in [-0.39, 0.29) is 23.0 Å². The number of hydrogen-bond donors (Lipinski definition) is 0. The zero-order valence-electron chi connectivity index (χ0n) is 32.3. The molecule has 0 radical (unpaired) electrons. The maximum absolute atomic E-state index is 14.8. The second kappa shape index (κ2) is 19.2. The van der Waals surface area contributed by atoms with E-state index in [1.165, 1.54) is 89.9 Å². The highest BCUT2D eigenvalue weighted by Crippen LogP contribution is 2.51. The van der Waals surface area contributed by atoms with Gasteiger partial charge in [-0.3, -0.25) is 0 Å². The second-order valence-electron chi connectivity index (χ2n) is 17.8. The van der Waals surface area contributed by atoms with Crippen molar-refractivity contribution in [2.75, 3.05) is 0 Å². The molecule has 0 heterocycles. The van der Waals surface area contributed by atoms with Crippen molar-refractivity contribution < 1.29 is 31.1 Å². The highest BCUT2D eigenvalue weighted by Gasteiger charge is 2.40. The van der Waals surface area contributed by atoms with Gasteiger partial charge in [0, 0.05) is 0 Å². The lowest BCUT2D eigenvalue weighted by atomic mass is 9.67. The molecule has 296 valence electrons. The third-order valence-electron chi connectivity index (χ3n) is 14.5. The topological polar surface area (TPSA) is 9.23 Å². The number of unbranched alkanes of at least 4 members (excludes halogenated alkanes) is 2. The number of halogens is 6. The van der Waals surface area contributed by atoms with E-state index < -0.39 is 47.1 Å². The fraction of sp³-hybridized carbons (Fsp3) is 0.739. The van der Waals surface area contributed by atoms with E-state index in [0.717, 1.165) is 87.5 Å². The van der Waals surface area contributed by atoms with E-state index in [1.807, 2.05) is 0 Å². The minimum Gasteiger partial charge on any atom is -0.365 e. The maximum atomic E-state index is 14.8. The van der Waals surface area contributed by atoms with Crippen molar-refractivity contribution in [1.82, 2.24) is 0 Å². The molecule has 2 aromatic carbocycles. The van der Waals surface area contributed by atoms with Crippen LogP contribution < -0.4 is 0 Å². The Kier molecular flexibility index (Phi) is 14.7. The molecule has 0 aliphatic heterocycles. The van der Waals surface area contributed by atoms with Crippen molar-refractivity contribution in [1.29, 1.82) is 0 Å². The minimum atomic E-state index is -1.53. The summed E-state index contributed by atoms with van der Waals surface area (Å²) >= 11 is 0. The molecule has 0 bridgehead atoms. The summed E-state index contributed by atoms with van der Waals surface area (Å²) < 4.78 is 94.9. The van der Waals surface area contributed by atoms with Gasteiger partial charge >= 0.3 is 0 Å². The normalized spacial score (nSPS) is 30.9. The molecule has 2 aromatic rings. The van der Waals surface area contributed by atoms with Crippen LogP contribution in [0.15, 0.2) is 24.3 Å². The molecule has 4 aliphatic rings. The lowest BCUT2D eigenvalue weighted by molar-refractivity contribution is -0.0939. The van der Waals surface area contributed by atoms with Crippen molar-refractivity contribution in [3.63, 3.8) is 0 Å². The van der Waals surface area contributed by atoms with Gasteiger partial charge in [0.25, 0.3) is 0 Å². The smallest absolute Gasteiger partial charge is 0.194 e. The van der Waals surface area contributed by atoms with Crippen LogP contribution in [0.5, 0.6) is 0 Å². The highest BCUT2D eigenvalue weighted by atomic mass is 19.2. The van der Waals surface area contributed by atoms with Gasteiger partial charge in [-0.15, -0.1) is 0 Å². The summed E-state index contributed by atoms with van der Waals surface area (Å²) in [5, 5.41) is 0. The van der Waals surface area contributed by atoms with Gasteiger partial charge in [-0.25, -0.2) is 26.3 Å².